The average Bonchev–Trinajstić information content (AvgIpc) is 2.66. The van der Waals surface area contributed by atoms with Gasteiger partial charge in [0.05, 0.1) is 5.69 Å². The molecule has 2 unspecified atom stereocenters. The van der Waals surface area contributed by atoms with E-state index < -0.39 is 0 Å². The first-order chi connectivity index (χ1) is 8.26. The number of likely N-dealkylation sites (tertiary alicyclic amines) is 1. The van der Waals surface area contributed by atoms with E-state index in [0.29, 0.717) is 11.8 Å². The lowest BCUT2D eigenvalue weighted by Crippen LogP contribution is -2.26. The van der Waals surface area contributed by atoms with Gasteiger partial charge in [-0.25, -0.2) is 0 Å². The van der Waals surface area contributed by atoms with Crippen molar-refractivity contribution in [3.8, 4) is 0 Å². The number of aromatic nitrogens is 2. The van der Waals surface area contributed by atoms with Crippen molar-refractivity contribution >= 4 is 5.91 Å². The SMILES string of the molecule is CCC1C(=O)N(CC)CC1Cc1cccnn1. The summed E-state index contributed by atoms with van der Waals surface area (Å²) in [5.41, 5.74) is 0.988. The first-order valence-corrected chi connectivity index (χ1v) is 6.31. The van der Waals surface area contributed by atoms with Crippen LogP contribution in [0.4, 0.5) is 0 Å². The highest BCUT2D eigenvalue weighted by atomic mass is 16.2. The third-order valence-electron chi connectivity index (χ3n) is 3.57. The lowest BCUT2D eigenvalue weighted by molar-refractivity contribution is -0.131. The van der Waals surface area contributed by atoms with Crippen molar-refractivity contribution in [3.05, 3.63) is 24.0 Å². The molecule has 0 saturated carbocycles. The third kappa shape index (κ3) is 2.46. The molecular formula is C13H19N3O. The molecule has 1 fully saturated rings. The number of rotatable bonds is 4. The van der Waals surface area contributed by atoms with Gasteiger partial charge < -0.3 is 4.90 Å². The van der Waals surface area contributed by atoms with Gasteiger partial charge in [0.1, 0.15) is 0 Å². The summed E-state index contributed by atoms with van der Waals surface area (Å²) in [6, 6.07) is 3.89. The molecule has 0 aromatic carbocycles. The molecule has 1 aliphatic rings. The largest absolute Gasteiger partial charge is 0.342 e. The van der Waals surface area contributed by atoms with E-state index in [-0.39, 0.29) is 5.92 Å². The van der Waals surface area contributed by atoms with E-state index in [1.165, 1.54) is 0 Å². The van der Waals surface area contributed by atoms with Crippen LogP contribution >= 0.6 is 0 Å². The van der Waals surface area contributed by atoms with Crippen LogP contribution in [0.3, 0.4) is 0 Å². The van der Waals surface area contributed by atoms with Crippen molar-refractivity contribution in [1.82, 2.24) is 15.1 Å². The summed E-state index contributed by atoms with van der Waals surface area (Å²) in [5, 5.41) is 7.99. The highest BCUT2D eigenvalue weighted by molar-refractivity contribution is 5.81. The van der Waals surface area contributed by atoms with E-state index in [4.69, 9.17) is 0 Å². The molecule has 4 heteroatoms. The Hall–Kier alpha value is -1.45. The van der Waals surface area contributed by atoms with E-state index in [0.717, 1.165) is 31.6 Å². The van der Waals surface area contributed by atoms with Crippen molar-refractivity contribution in [3.63, 3.8) is 0 Å². The van der Waals surface area contributed by atoms with Gasteiger partial charge in [-0.1, -0.05) is 6.92 Å². The zero-order chi connectivity index (χ0) is 12.3. The van der Waals surface area contributed by atoms with E-state index in [2.05, 4.69) is 17.1 Å². The Labute approximate surface area is 102 Å². The molecule has 4 nitrogen and oxygen atoms in total. The van der Waals surface area contributed by atoms with Crippen LogP contribution in [0.25, 0.3) is 0 Å². The van der Waals surface area contributed by atoms with Crippen LogP contribution in [-0.2, 0) is 11.2 Å². The van der Waals surface area contributed by atoms with Gasteiger partial charge in [-0.15, -0.1) is 0 Å². The average molecular weight is 233 g/mol. The smallest absolute Gasteiger partial charge is 0.226 e. The van der Waals surface area contributed by atoms with E-state index in [1.807, 2.05) is 24.0 Å². The van der Waals surface area contributed by atoms with Gasteiger partial charge in [0.2, 0.25) is 5.91 Å². The number of nitrogens with zero attached hydrogens (tertiary/aromatic N) is 3. The Balaban J connectivity index is 2.08. The molecule has 1 aliphatic heterocycles. The molecule has 2 rings (SSSR count). The number of amides is 1. The Kier molecular flexibility index (Phi) is 3.71. The zero-order valence-electron chi connectivity index (χ0n) is 10.5. The van der Waals surface area contributed by atoms with Gasteiger partial charge in [0.15, 0.2) is 0 Å². The van der Waals surface area contributed by atoms with E-state index in [9.17, 15) is 4.79 Å². The Morgan fingerprint density at radius 3 is 2.88 bits per heavy atom. The van der Waals surface area contributed by atoms with Crippen LogP contribution < -0.4 is 0 Å². The van der Waals surface area contributed by atoms with Crippen molar-refractivity contribution in [2.24, 2.45) is 11.8 Å². The topological polar surface area (TPSA) is 46.1 Å². The maximum Gasteiger partial charge on any atom is 0.226 e. The second-order valence-electron chi connectivity index (χ2n) is 4.57. The fourth-order valence-electron chi connectivity index (χ4n) is 2.65. The molecule has 2 heterocycles. The van der Waals surface area contributed by atoms with Gasteiger partial charge >= 0.3 is 0 Å². The maximum absolute atomic E-state index is 12.1. The van der Waals surface area contributed by atoms with Crippen LogP contribution in [0.2, 0.25) is 0 Å². The minimum absolute atomic E-state index is 0.164. The number of hydrogen-bond donors (Lipinski definition) is 0. The predicted molar refractivity (Wildman–Crippen MR) is 65.3 cm³/mol. The predicted octanol–water partition coefficient (Wildman–Crippen LogP) is 1.52. The standard InChI is InChI=1S/C13H19N3O/c1-3-12-10(9-16(4-2)13(12)17)8-11-6-5-7-14-15-11/h5-7,10,12H,3-4,8-9H2,1-2H3. The molecule has 0 aliphatic carbocycles. The summed E-state index contributed by atoms with van der Waals surface area (Å²) in [7, 11) is 0. The monoisotopic (exact) mass is 233 g/mol. The van der Waals surface area contributed by atoms with Crippen LogP contribution in [-0.4, -0.2) is 34.1 Å². The highest BCUT2D eigenvalue weighted by Crippen LogP contribution is 2.29. The van der Waals surface area contributed by atoms with E-state index >= 15 is 0 Å². The molecule has 2 atom stereocenters. The fourth-order valence-corrected chi connectivity index (χ4v) is 2.65. The molecule has 0 spiro atoms. The quantitative estimate of drug-likeness (QED) is 0.792. The molecule has 1 amide bonds. The Bertz CT molecular complexity index is 380. The lowest BCUT2D eigenvalue weighted by Gasteiger charge is -2.13. The van der Waals surface area contributed by atoms with Gasteiger partial charge in [-0.3, -0.25) is 4.79 Å². The molecule has 0 bridgehead atoms. The molecule has 92 valence electrons. The van der Waals surface area contributed by atoms with Crippen LogP contribution in [0.15, 0.2) is 18.3 Å². The van der Waals surface area contributed by atoms with Gasteiger partial charge in [0.25, 0.3) is 0 Å². The minimum atomic E-state index is 0.164. The van der Waals surface area contributed by atoms with Crippen molar-refractivity contribution < 1.29 is 4.79 Å². The Morgan fingerprint density at radius 1 is 1.47 bits per heavy atom. The van der Waals surface area contributed by atoms with Crippen LogP contribution in [0, 0.1) is 11.8 Å². The summed E-state index contributed by atoms with van der Waals surface area (Å²) in [6.45, 7) is 5.80. The summed E-state index contributed by atoms with van der Waals surface area (Å²) in [4.78, 5) is 14.0. The Morgan fingerprint density at radius 2 is 2.29 bits per heavy atom. The number of carbonyl (C=O) groups is 1. The number of carbonyl (C=O) groups excluding carboxylic acids is 1. The molecule has 0 radical (unpaired) electrons. The van der Waals surface area contributed by atoms with Crippen molar-refractivity contribution in [1.29, 1.82) is 0 Å². The number of hydrogen-bond acceptors (Lipinski definition) is 3. The maximum atomic E-state index is 12.1. The van der Waals surface area contributed by atoms with Gasteiger partial charge in [0, 0.05) is 25.2 Å². The first-order valence-electron chi connectivity index (χ1n) is 6.31. The minimum Gasteiger partial charge on any atom is -0.342 e. The normalized spacial score (nSPS) is 24.4. The summed E-state index contributed by atoms with van der Waals surface area (Å²) >= 11 is 0. The summed E-state index contributed by atoms with van der Waals surface area (Å²) in [5.74, 6) is 0.866. The zero-order valence-corrected chi connectivity index (χ0v) is 10.5. The van der Waals surface area contributed by atoms with E-state index in [1.54, 1.807) is 6.20 Å². The lowest BCUT2D eigenvalue weighted by atomic mass is 9.89. The molecular weight excluding hydrogens is 214 g/mol. The highest BCUT2D eigenvalue weighted by Gasteiger charge is 2.38. The molecule has 1 aromatic rings. The summed E-state index contributed by atoms with van der Waals surface area (Å²) < 4.78 is 0. The second kappa shape index (κ2) is 5.25. The first kappa shape index (κ1) is 12.0. The molecule has 17 heavy (non-hydrogen) atoms. The fraction of sp³-hybridized carbons (Fsp3) is 0.615. The molecule has 1 aromatic heterocycles. The second-order valence-corrected chi connectivity index (χ2v) is 4.57. The van der Waals surface area contributed by atoms with Gasteiger partial charge in [-0.05, 0) is 37.8 Å². The van der Waals surface area contributed by atoms with Crippen molar-refractivity contribution in [2.45, 2.75) is 26.7 Å². The van der Waals surface area contributed by atoms with Crippen molar-refractivity contribution in [2.75, 3.05) is 13.1 Å². The molecule has 1 saturated heterocycles. The molecule has 0 N–H and O–H groups in total. The van der Waals surface area contributed by atoms with Gasteiger partial charge in [-0.2, -0.15) is 10.2 Å². The van der Waals surface area contributed by atoms with Crippen LogP contribution in [0.5, 0.6) is 0 Å². The van der Waals surface area contributed by atoms with Crippen LogP contribution in [0.1, 0.15) is 26.0 Å². The third-order valence-corrected chi connectivity index (χ3v) is 3.57. The summed E-state index contributed by atoms with van der Waals surface area (Å²) in [6.07, 6.45) is 3.45.